The largest absolute Gasteiger partial charge is 0.454 e. The number of carbonyl (C=O) groups excluding carboxylic acids is 4. The summed E-state index contributed by atoms with van der Waals surface area (Å²) in [7, 11) is 0. The topological polar surface area (TPSA) is 105 Å². The molecule has 0 unspecified atom stereocenters. The molecule has 2 N–H and O–H groups in total. The van der Waals surface area contributed by atoms with Gasteiger partial charge in [0.05, 0.1) is 0 Å². The average Bonchev–Trinajstić information content (AvgIpc) is 2.83. The Kier molecular flexibility index (Phi) is 6.67. The van der Waals surface area contributed by atoms with Gasteiger partial charge >= 0.3 is 12.0 Å². The number of halogens is 2. The molecule has 0 spiro atoms. The van der Waals surface area contributed by atoms with Crippen LogP contribution in [0, 0.1) is 0 Å². The molecule has 10 heteroatoms. The van der Waals surface area contributed by atoms with E-state index >= 15 is 0 Å². The van der Waals surface area contributed by atoms with Gasteiger partial charge in [0.25, 0.3) is 11.8 Å². The number of imide groups is 1. The molecule has 0 bridgehead atoms. The van der Waals surface area contributed by atoms with Crippen molar-refractivity contribution >= 4 is 47.0 Å². The molecule has 27 heavy (non-hydrogen) atoms. The normalized spacial score (nSPS) is 19.0. The van der Waals surface area contributed by atoms with Crippen LogP contribution in [-0.2, 0) is 25.7 Å². The number of nitrogens with one attached hydrogen (secondary N) is 2. The molecule has 1 aromatic rings. The predicted molar refractivity (Wildman–Crippen MR) is 98.2 cm³/mol. The summed E-state index contributed by atoms with van der Waals surface area (Å²) in [6.07, 6.45) is 0.388. The third-order valence-electron chi connectivity index (χ3n) is 4.19. The van der Waals surface area contributed by atoms with E-state index in [0.29, 0.717) is 22.0 Å². The molecule has 1 fully saturated rings. The molecule has 1 atom stereocenters. The van der Waals surface area contributed by atoms with Crippen molar-refractivity contribution in [3.8, 4) is 0 Å². The number of esters is 1. The van der Waals surface area contributed by atoms with Crippen molar-refractivity contribution in [3.63, 3.8) is 0 Å². The second-order valence-electron chi connectivity index (χ2n) is 6.18. The number of rotatable bonds is 7. The van der Waals surface area contributed by atoms with Crippen LogP contribution in [0.1, 0.15) is 25.8 Å². The lowest BCUT2D eigenvalue weighted by molar-refractivity contribution is -0.151. The predicted octanol–water partition coefficient (Wildman–Crippen LogP) is 1.87. The average molecular weight is 416 g/mol. The number of nitrogens with zero attached hydrogens (tertiary/aromatic N) is 1. The molecule has 4 amide bonds. The summed E-state index contributed by atoms with van der Waals surface area (Å²) in [4.78, 5) is 48.4. The SMILES string of the molecule is CC[C@]1(C)NC(=O)N(CC(=O)OCC(=O)NCc2ccc(Cl)cc2Cl)C1=O. The van der Waals surface area contributed by atoms with Crippen molar-refractivity contribution in [1.82, 2.24) is 15.5 Å². The highest BCUT2D eigenvalue weighted by atomic mass is 35.5. The lowest BCUT2D eigenvalue weighted by Crippen LogP contribution is -2.43. The number of benzene rings is 1. The second-order valence-corrected chi connectivity index (χ2v) is 7.02. The zero-order valence-electron chi connectivity index (χ0n) is 14.8. The Bertz CT molecular complexity index is 786. The molecule has 0 aliphatic carbocycles. The van der Waals surface area contributed by atoms with E-state index < -0.39 is 42.5 Å². The third-order valence-corrected chi connectivity index (χ3v) is 4.78. The minimum atomic E-state index is -1.04. The third kappa shape index (κ3) is 5.11. The van der Waals surface area contributed by atoms with Crippen LogP contribution >= 0.6 is 23.2 Å². The molecule has 1 aliphatic rings. The van der Waals surface area contributed by atoms with E-state index in [9.17, 15) is 19.2 Å². The van der Waals surface area contributed by atoms with Gasteiger partial charge in [-0.2, -0.15) is 0 Å². The van der Waals surface area contributed by atoms with Gasteiger partial charge in [-0.25, -0.2) is 4.79 Å². The fourth-order valence-corrected chi connectivity index (χ4v) is 2.84. The van der Waals surface area contributed by atoms with E-state index in [4.69, 9.17) is 27.9 Å². The first-order valence-corrected chi connectivity index (χ1v) is 8.92. The standard InChI is InChI=1S/C17H19Cl2N3O5/c1-3-17(2)15(25)22(16(26)21-17)8-14(24)27-9-13(23)20-7-10-4-5-11(18)6-12(10)19/h4-6H,3,7-9H2,1-2H3,(H,20,23)(H,21,26)/t17-/m0/s1. The van der Waals surface area contributed by atoms with Gasteiger partial charge in [-0.05, 0) is 31.0 Å². The maximum absolute atomic E-state index is 12.2. The molecule has 1 heterocycles. The fourth-order valence-electron chi connectivity index (χ4n) is 2.36. The quantitative estimate of drug-likeness (QED) is 0.522. The molecular formula is C17H19Cl2N3O5. The number of urea groups is 1. The van der Waals surface area contributed by atoms with Crippen molar-refractivity contribution in [2.45, 2.75) is 32.4 Å². The Morgan fingerprint density at radius 2 is 2.00 bits per heavy atom. The lowest BCUT2D eigenvalue weighted by atomic mass is 9.99. The highest BCUT2D eigenvalue weighted by molar-refractivity contribution is 6.35. The molecule has 1 saturated heterocycles. The molecular weight excluding hydrogens is 397 g/mol. The molecule has 146 valence electrons. The van der Waals surface area contributed by atoms with Crippen LogP contribution in [0.4, 0.5) is 4.79 Å². The molecule has 1 aromatic carbocycles. The summed E-state index contributed by atoms with van der Waals surface area (Å²) in [5.74, 6) is -1.92. The second kappa shape index (κ2) is 8.58. The van der Waals surface area contributed by atoms with Crippen molar-refractivity contribution in [2.75, 3.05) is 13.2 Å². The summed E-state index contributed by atoms with van der Waals surface area (Å²) in [5.41, 5.74) is -0.383. The summed E-state index contributed by atoms with van der Waals surface area (Å²) in [6, 6.07) is 4.19. The van der Waals surface area contributed by atoms with Gasteiger partial charge in [-0.3, -0.25) is 19.3 Å². The minimum absolute atomic E-state index is 0.133. The lowest BCUT2D eigenvalue weighted by Gasteiger charge is -2.18. The van der Waals surface area contributed by atoms with E-state index in [1.54, 1.807) is 32.0 Å². The van der Waals surface area contributed by atoms with E-state index in [0.717, 1.165) is 4.90 Å². The summed E-state index contributed by atoms with van der Waals surface area (Å²) in [6.45, 7) is 2.36. The Balaban J connectivity index is 1.79. The Labute approximate surface area is 166 Å². The van der Waals surface area contributed by atoms with Gasteiger partial charge in [0, 0.05) is 16.6 Å². The molecule has 2 rings (SSSR count). The van der Waals surface area contributed by atoms with Gasteiger partial charge in [-0.15, -0.1) is 0 Å². The molecule has 8 nitrogen and oxygen atoms in total. The zero-order valence-corrected chi connectivity index (χ0v) is 16.3. The van der Waals surface area contributed by atoms with Gasteiger partial charge in [0.2, 0.25) is 0 Å². The Morgan fingerprint density at radius 1 is 1.30 bits per heavy atom. The van der Waals surface area contributed by atoms with Crippen molar-refractivity contribution < 1.29 is 23.9 Å². The zero-order chi connectivity index (χ0) is 20.2. The van der Waals surface area contributed by atoms with Gasteiger partial charge in [0.1, 0.15) is 12.1 Å². The Morgan fingerprint density at radius 3 is 2.59 bits per heavy atom. The first kappa shape index (κ1) is 21.0. The van der Waals surface area contributed by atoms with Crippen LogP contribution in [0.2, 0.25) is 10.0 Å². The molecule has 0 saturated carbocycles. The smallest absolute Gasteiger partial charge is 0.326 e. The van der Waals surface area contributed by atoms with E-state index in [1.807, 2.05) is 0 Å². The van der Waals surface area contributed by atoms with Crippen molar-refractivity contribution in [1.29, 1.82) is 0 Å². The van der Waals surface area contributed by atoms with E-state index in [-0.39, 0.29) is 6.54 Å². The van der Waals surface area contributed by atoms with Crippen LogP contribution in [0.25, 0.3) is 0 Å². The first-order valence-electron chi connectivity index (χ1n) is 8.16. The summed E-state index contributed by atoms with van der Waals surface area (Å²) in [5, 5.41) is 5.95. The summed E-state index contributed by atoms with van der Waals surface area (Å²) < 4.78 is 4.82. The highest BCUT2D eigenvalue weighted by Crippen LogP contribution is 2.21. The number of amides is 4. The van der Waals surface area contributed by atoms with E-state index in [2.05, 4.69) is 10.6 Å². The monoisotopic (exact) mass is 415 g/mol. The van der Waals surface area contributed by atoms with Crippen molar-refractivity contribution in [3.05, 3.63) is 33.8 Å². The first-order chi connectivity index (χ1) is 12.7. The Hall–Kier alpha value is -2.32. The van der Waals surface area contributed by atoms with E-state index in [1.165, 1.54) is 0 Å². The number of carbonyl (C=O) groups is 4. The maximum Gasteiger partial charge on any atom is 0.326 e. The molecule has 0 radical (unpaired) electrons. The van der Waals surface area contributed by atoms with Crippen LogP contribution in [0.15, 0.2) is 18.2 Å². The van der Waals surface area contributed by atoms with Gasteiger partial charge in [0.15, 0.2) is 6.61 Å². The van der Waals surface area contributed by atoms with Crippen LogP contribution in [-0.4, -0.2) is 47.4 Å². The number of hydrogen-bond donors (Lipinski definition) is 2. The minimum Gasteiger partial charge on any atom is -0.454 e. The van der Waals surface area contributed by atoms with Crippen molar-refractivity contribution in [2.24, 2.45) is 0 Å². The number of ether oxygens (including phenoxy) is 1. The van der Waals surface area contributed by atoms with Gasteiger partial charge in [-0.1, -0.05) is 36.2 Å². The van der Waals surface area contributed by atoms with Gasteiger partial charge < -0.3 is 15.4 Å². The maximum atomic E-state index is 12.2. The number of hydrogen-bond acceptors (Lipinski definition) is 5. The molecule has 0 aromatic heterocycles. The van der Waals surface area contributed by atoms with Crippen LogP contribution in [0.3, 0.4) is 0 Å². The van der Waals surface area contributed by atoms with Crippen LogP contribution < -0.4 is 10.6 Å². The molecule has 1 aliphatic heterocycles. The van der Waals surface area contributed by atoms with Crippen LogP contribution in [0.5, 0.6) is 0 Å². The summed E-state index contributed by atoms with van der Waals surface area (Å²) >= 11 is 11.8. The fraction of sp³-hybridized carbons (Fsp3) is 0.412. The highest BCUT2D eigenvalue weighted by Gasteiger charge is 2.47.